The van der Waals surface area contributed by atoms with E-state index in [4.69, 9.17) is 4.89 Å². The van der Waals surface area contributed by atoms with Crippen molar-refractivity contribution >= 4 is 21.1 Å². The minimum Gasteiger partial charge on any atom is -0.347 e. The summed E-state index contributed by atoms with van der Waals surface area (Å²) >= 11 is 0. The maximum atomic E-state index is 11.3. The van der Waals surface area contributed by atoms with E-state index >= 15 is 0 Å². The van der Waals surface area contributed by atoms with E-state index in [2.05, 4.69) is 4.31 Å². The molecule has 0 saturated heterocycles. The van der Waals surface area contributed by atoms with Crippen LogP contribution in [0.4, 0.5) is 0 Å². The predicted octanol–water partition coefficient (Wildman–Crippen LogP) is -1.85. The molecule has 106 valence electrons. The first-order valence-electron chi connectivity index (χ1n) is 3.86. The van der Waals surface area contributed by atoms with E-state index in [1.165, 1.54) is 13.8 Å². The van der Waals surface area contributed by atoms with Gasteiger partial charge in [0.25, 0.3) is 0 Å². The van der Waals surface area contributed by atoms with Gasteiger partial charge < -0.3 is 19.3 Å². The Hall–Kier alpha value is 3.46. The topological polar surface area (TPSA) is 104 Å². The predicted molar refractivity (Wildman–Crippen MR) is 53.5 cm³/mol. The molecular weight excluding hydrogens is 1110 g/mol. The second-order valence-electron chi connectivity index (χ2n) is 2.71. The number of rotatable bonds is 6. The van der Waals surface area contributed by atoms with Crippen molar-refractivity contribution in [3.8, 4) is 0 Å². The van der Waals surface area contributed by atoms with Crippen molar-refractivity contribution in [3.63, 3.8) is 0 Å². The fourth-order valence-electron chi connectivity index (χ4n) is 0.593. The summed E-state index contributed by atoms with van der Waals surface area (Å²) < 4.78 is 27.1. The summed E-state index contributed by atoms with van der Waals surface area (Å²) in [5.41, 5.74) is 0. The van der Waals surface area contributed by atoms with Gasteiger partial charge in [-0.1, -0.05) is 0 Å². The molecular formula is C6H13NO6P2RbReRfUY-. The van der Waals surface area contributed by atoms with Crippen molar-refractivity contribution < 1.29 is 170 Å². The molecule has 0 heterocycles. The van der Waals surface area contributed by atoms with Crippen LogP contribution in [-0.2, 0) is 71.4 Å². The third-order valence-electron chi connectivity index (χ3n) is 1.32. The molecule has 0 aliphatic heterocycles. The van der Waals surface area contributed by atoms with Gasteiger partial charge in [0.1, 0.15) is 0 Å². The number of Topliss-reactive ketones (excluding diaryl/α,β-unsaturated/α-hetero) is 1. The van der Waals surface area contributed by atoms with Crippen LogP contribution in [0.1, 0.15) is 13.8 Å². The number of likely N-dealkylation sites (N-methyl/N-ethyl adjacent to an activating group) is 1. The molecule has 0 saturated carbocycles. The van der Waals surface area contributed by atoms with E-state index in [1.807, 2.05) is 0 Å². The van der Waals surface area contributed by atoms with Crippen LogP contribution in [0.5, 0.6) is 0 Å². The van der Waals surface area contributed by atoms with Crippen molar-refractivity contribution in [2.24, 2.45) is 0 Å². The second-order valence-corrected chi connectivity index (χ2v) is 6.62. The first kappa shape index (κ1) is 38.8. The van der Waals surface area contributed by atoms with E-state index < -0.39 is 21.1 Å². The zero-order chi connectivity index (χ0) is 12.3. The molecule has 14 heteroatoms. The Balaban J connectivity index is -0.0000000980. The van der Waals surface area contributed by atoms with E-state index in [-0.39, 0.29) is 142 Å². The van der Waals surface area contributed by atoms with Gasteiger partial charge in [-0.3, -0.25) is 11.1 Å². The maximum Gasteiger partial charge on any atom is 1.00 e. The van der Waals surface area contributed by atoms with Gasteiger partial charge in [-0.05, 0) is 14.0 Å². The third kappa shape index (κ3) is 17.8. The molecule has 0 aromatic rings. The molecule has 0 aliphatic rings. The van der Waals surface area contributed by atoms with Crippen molar-refractivity contribution in [1.29, 1.82) is 0 Å². The van der Waals surface area contributed by atoms with Crippen molar-refractivity contribution in [3.05, 3.63) is 12.7 Å². The molecule has 2 radical (unpaired) electrons. The first-order valence-corrected chi connectivity index (χ1v) is 7.04. The Morgan fingerprint density at radius 2 is 1.65 bits per heavy atom. The molecule has 20 heavy (non-hydrogen) atoms. The van der Waals surface area contributed by atoms with Gasteiger partial charge in [0.05, 0.1) is 0 Å². The van der Waals surface area contributed by atoms with Crippen LogP contribution in [0, 0.1) is 43.8 Å². The Morgan fingerprint density at radius 1 is 1.30 bits per heavy atom. The number of carbonyl (C=O) groups excluding carboxylic acids is 1. The number of ketones is 1. The first-order chi connectivity index (χ1) is 6.60. The van der Waals surface area contributed by atoms with Crippen LogP contribution in [0.3, 0.4) is 0 Å². The summed E-state index contributed by atoms with van der Waals surface area (Å²) in [6, 6.07) is 0. The Labute approximate surface area is 225 Å². The molecule has 2 N–H and O–H groups in total. The van der Waals surface area contributed by atoms with Crippen LogP contribution >= 0.6 is 15.3 Å². The van der Waals surface area contributed by atoms with Crippen LogP contribution in [-0.4, -0.2) is 27.3 Å². The van der Waals surface area contributed by atoms with E-state index in [1.54, 1.807) is 0 Å². The monoisotopic (exact) mass is 1120 g/mol. The van der Waals surface area contributed by atoms with E-state index in [0.717, 1.165) is 19.8 Å². The van der Waals surface area contributed by atoms with Crippen molar-refractivity contribution in [2.45, 2.75) is 13.8 Å². The third-order valence-corrected chi connectivity index (χ3v) is 4.67. The summed E-state index contributed by atoms with van der Waals surface area (Å²) in [6.45, 7) is 3.19. The second kappa shape index (κ2) is 17.3. The Bertz CT molecular complexity index is 357. The molecule has 0 aromatic carbocycles. The number of carbonyl (C=O) groups is 1. The van der Waals surface area contributed by atoms with Crippen molar-refractivity contribution in [1.82, 2.24) is 4.67 Å². The molecule has 0 aliphatic carbocycles. The zero-order valence-corrected chi connectivity index (χ0v) is 34.5. The average Bonchev–Trinajstić information content (AvgIpc) is 2.01. The normalized spacial score (nSPS) is 14.5. The molecule has 2 atom stereocenters. The fourth-order valence-corrected chi connectivity index (χ4v) is 2.96. The Kier molecular flexibility index (Phi) is 33.6. The smallest absolute Gasteiger partial charge is 0.347 e. The molecule has 0 aromatic heterocycles. The fraction of sp³-hybridized carbons (Fsp3) is 0.500. The van der Waals surface area contributed by atoms with Gasteiger partial charge in [-0.15, -0.1) is 0 Å². The minimum atomic E-state index is -4.46. The van der Waals surface area contributed by atoms with Crippen LogP contribution < -0.4 is 58.2 Å². The molecule has 2 unspecified atom stereocenters. The molecule has 0 rings (SSSR count). The zero-order valence-electron chi connectivity index (χ0n) is 11.7. The summed E-state index contributed by atoms with van der Waals surface area (Å²) in [5, 5.41) is 0. The molecule has 0 fully saturated rings. The maximum absolute atomic E-state index is 11.3. The van der Waals surface area contributed by atoms with Crippen LogP contribution in [0.25, 0.3) is 0 Å². The SMILES string of the molecule is C[CH-]P(=O)(O)OP(=O)(O)N(C)[CH-]C(C)=O.[Rb+].[Re].[Rf].[U].[Y]. The van der Waals surface area contributed by atoms with Gasteiger partial charge in [0, 0.05) is 90.0 Å². The van der Waals surface area contributed by atoms with E-state index in [0.29, 0.717) is 4.67 Å². The van der Waals surface area contributed by atoms with Gasteiger partial charge in [-0.2, -0.15) is 6.92 Å². The van der Waals surface area contributed by atoms with Crippen LogP contribution in [0.2, 0.25) is 0 Å². The summed E-state index contributed by atoms with van der Waals surface area (Å²) in [6.07, 6.45) is 0.775. The molecule has 7 nitrogen and oxygen atoms in total. The number of hydrogen-bond donors (Lipinski definition) is 2. The average molecular weight is 1120 g/mol. The number of hydrogen-bond acceptors (Lipinski definition) is 4. The Morgan fingerprint density at radius 3 is 1.90 bits per heavy atom. The van der Waals surface area contributed by atoms with Crippen LogP contribution in [0.15, 0.2) is 0 Å². The summed E-state index contributed by atoms with van der Waals surface area (Å²) in [5.74, 6) is -0.483. The molecule has 0 bridgehead atoms. The molecule has 0 amide bonds. The quantitative estimate of drug-likeness (QED) is 0.238. The van der Waals surface area contributed by atoms with E-state index in [9.17, 15) is 18.8 Å². The van der Waals surface area contributed by atoms with Gasteiger partial charge >= 0.3 is 65.9 Å². The largest absolute Gasteiger partial charge is 1.00 e. The minimum absolute atomic E-state index is 0. The molecule has 0 spiro atoms. The van der Waals surface area contributed by atoms with Gasteiger partial charge in [-0.25, -0.2) is 15.0 Å². The summed E-state index contributed by atoms with van der Waals surface area (Å²) in [4.78, 5) is 28.8. The van der Waals surface area contributed by atoms with Gasteiger partial charge in [0.15, 0.2) is 7.60 Å². The summed E-state index contributed by atoms with van der Waals surface area (Å²) in [7, 11) is -7.57. The van der Waals surface area contributed by atoms with Crippen molar-refractivity contribution in [2.75, 3.05) is 7.05 Å². The van der Waals surface area contributed by atoms with Gasteiger partial charge in [0.2, 0.25) is 0 Å². The number of nitrogens with zero attached hydrogens (tertiary/aromatic N) is 1. The standard InChI is InChI=1S/C6H13NO6P2.Rb.Re.Rf.U.Y/c1-4-14(9,10)13-15(11,12)7(3)5-6(2)8;;;;;/h4-5H,1-3H3,(H,9,10)(H,11,12);;;;;/q-2;+1;;;;.